The van der Waals surface area contributed by atoms with Crippen LogP contribution < -0.4 is 0 Å². The van der Waals surface area contributed by atoms with E-state index in [9.17, 15) is 0 Å². The second kappa shape index (κ2) is 6.87. The van der Waals surface area contributed by atoms with Gasteiger partial charge in [0, 0.05) is 26.4 Å². The third-order valence-corrected chi connectivity index (χ3v) is 4.24. The molecule has 2 heterocycles. The average Bonchev–Trinajstić information content (AvgIpc) is 3.04. The highest BCUT2D eigenvalue weighted by Crippen LogP contribution is 2.26. The first-order chi connectivity index (χ1) is 10.3. The summed E-state index contributed by atoms with van der Waals surface area (Å²) in [6, 6.07) is 8.76. The largest absolute Gasteiger partial charge is 0.380 e. The van der Waals surface area contributed by atoms with Gasteiger partial charge >= 0.3 is 0 Å². The molecule has 0 spiro atoms. The van der Waals surface area contributed by atoms with Gasteiger partial charge in [0.05, 0.1) is 12.8 Å². The zero-order valence-electron chi connectivity index (χ0n) is 12.6. The minimum absolute atomic E-state index is 0.616. The summed E-state index contributed by atoms with van der Waals surface area (Å²) < 4.78 is 5.15. The van der Waals surface area contributed by atoms with Crippen LogP contribution in [0.25, 0.3) is 0 Å². The Hall–Kier alpha value is -1.65. The molecule has 21 heavy (non-hydrogen) atoms. The Morgan fingerprint density at radius 2 is 2.10 bits per heavy atom. The fourth-order valence-corrected chi connectivity index (χ4v) is 3.12. The average molecular weight is 285 g/mol. The molecule has 0 saturated carbocycles. The number of hydrogen-bond acceptors (Lipinski definition) is 3. The molecular formula is C17H23N3O. The molecule has 1 fully saturated rings. The van der Waals surface area contributed by atoms with Gasteiger partial charge in [-0.1, -0.05) is 24.3 Å². The zero-order valence-corrected chi connectivity index (χ0v) is 12.6. The molecule has 3 rings (SSSR count). The van der Waals surface area contributed by atoms with E-state index in [1.165, 1.54) is 36.1 Å². The molecule has 1 N–H and O–H groups in total. The lowest BCUT2D eigenvalue weighted by molar-refractivity contribution is 0.184. The lowest BCUT2D eigenvalue weighted by Gasteiger charge is -2.32. The molecule has 1 atom stereocenters. The van der Waals surface area contributed by atoms with Crippen molar-refractivity contribution in [3.8, 4) is 0 Å². The number of likely N-dealkylation sites (tertiary alicyclic amines) is 1. The minimum Gasteiger partial charge on any atom is -0.380 e. The van der Waals surface area contributed by atoms with Crippen molar-refractivity contribution in [1.29, 1.82) is 0 Å². The van der Waals surface area contributed by atoms with E-state index in [-0.39, 0.29) is 0 Å². The number of rotatable bonds is 5. The summed E-state index contributed by atoms with van der Waals surface area (Å²) in [7, 11) is 1.73. The second-order valence-corrected chi connectivity index (χ2v) is 5.86. The molecule has 1 aliphatic rings. The Labute approximate surface area is 126 Å². The van der Waals surface area contributed by atoms with Gasteiger partial charge in [-0.25, -0.2) is 0 Å². The highest BCUT2D eigenvalue weighted by atomic mass is 16.5. The molecule has 0 radical (unpaired) electrons. The van der Waals surface area contributed by atoms with Gasteiger partial charge in [0.1, 0.15) is 0 Å². The van der Waals surface area contributed by atoms with Gasteiger partial charge in [-0.05, 0) is 42.0 Å². The van der Waals surface area contributed by atoms with Crippen molar-refractivity contribution in [2.45, 2.75) is 31.9 Å². The number of aromatic nitrogens is 2. The smallest absolute Gasteiger partial charge is 0.0713 e. The monoisotopic (exact) mass is 285 g/mol. The number of piperidine rings is 1. The van der Waals surface area contributed by atoms with Crippen molar-refractivity contribution in [3.63, 3.8) is 0 Å². The van der Waals surface area contributed by atoms with Crippen LogP contribution in [0.4, 0.5) is 0 Å². The Balaban J connectivity index is 1.59. The molecule has 1 aromatic heterocycles. The van der Waals surface area contributed by atoms with Gasteiger partial charge in [-0.3, -0.25) is 10.00 Å². The fraction of sp³-hybridized carbons (Fsp3) is 0.471. The van der Waals surface area contributed by atoms with Gasteiger partial charge in [-0.2, -0.15) is 5.10 Å². The number of ether oxygens (including phenoxy) is 1. The topological polar surface area (TPSA) is 41.1 Å². The summed E-state index contributed by atoms with van der Waals surface area (Å²) >= 11 is 0. The van der Waals surface area contributed by atoms with E-state index >= 15 is 0 Å². The highest BCUT2D eigenvalue weighted by molar-refractivity contribution is 5.22. The van der Waals surface area contributed by atoms with Crippen molar-refractivity contribution in [1.82, 2.24) is 15.1 Å². The second-order valence-electron chi connectivity index (χ2n) is 5.86. The van der Waals surface area contributed by atoms with Gasteiger partial charge in [0.15, 0.2) is 0 Å². The van der Waals surface area contributed by atoms with Crippen LogP contribution in [0.3, 0.4) is 0 Å². The third-order valence-electron chi connectivity index (χ3n) is 4.24. The number of H-pyrrole nitrogens is 1. The maximum atomic E-state index is 5.15. The van der Waals surface area contributed by atoms with Crippen LogP contribution in [0.2, 0.25) is 0 Å². The van der Waals surface area contributed by atoms with Crippen LogP contribution in [0.5, 0.6) is 0 Å². The third kappa shape index (κ3) is 3.71. The number of aromatic amines is 1. The van der Waals surface area contributed by atoms with E-state index < -0.39 is 0 Å². The predicted molar refractivity (Wildman–Crippen MR) is 83.0 cm³/mol. The highest BCUT2D eigenvalue weighted by Gasteiger charge is 2.21. The number of benzene rings is 1. The van der Waals surface area contributed by atoms with Crippen molar-refractivity contribution >= 4 is 0 Å². The molecule has 1 aromatic carbocycles. The minimum atomic E-state index is 0.616. The lowest BCUT2D eigenvalue weighted by atomic mass is 9.92. The molecule has 2 aromatic rings. The SMILES string of the molecule is COCc1ccc(CN2CCCC(c3cn[nH]c3)C2)cc1. The van der Waals surface area contributed by atoms with Crippen molar-refractivity contribution in [2.75, 3.05) is 20.2 Å². The molecule has 0 amide bonds. The Morgan fingerprint density at radius 3 is 2.81 bits per heavy atom. The molecule has 4 heteroatoms. The number of nitrogens with zero attached hydrogens (tertiary/aromatic N) is 2. The first-order valence-corrected chi connectivity index (χ1v) is 7.63. The Morgan fingerprint density at radius 1 is 1.29 bits per heavy atom. The van der Waals surface area contributed by atoms with Gasteiger partial charge in [0.2, 0.25) is 0 Å². The van der Waals surface area contributed by atoms with Crippen LogP contribution >= 0.6 is 0 Å². The summed E-state index contributed by atoms with van der Waals surface area (Å²) in [5, 5.41) is 7.01. The summed E-state index contributed by atoms with van der Waals surface area (Å²) in [6.45, 7) is 4.03. The molecule has 0 bridgehead atoms. The molecule has 112 valence electrons. The number of hydrogen-bond donors (Lipinski definition) is 1. The van der Waals surface area contributed by atoms with Gasteiger partial charge in [0.25, 0.3) is 0 Å². The summed E-state index contributed by atoms with van der Waals surface area (Å²) in [6.07, 6.45) is 6.53. The normalized spacial score (nSPS) is 19.8. The van der Waals surface area contributed by atoms with E-state index in [0.29, 0.717) is 12.5 Å². The van der Waals surface area contributed by atoms with Crippen LogP contribution in [0.1, 0.15) is 35.4 Å². The fourth-order valence-electron chi connectivity index (χ4n) is 3.12. The van der Waals surface area contributed by atoms with Crippen molar-refractivity contribution in [2.24, 2.45) is 0 Å². The molecule has 1 saturated heterocycles. The lowest BCUT2D eigenvalue weighted by Crippen LogP contribution is -2.33. The van der Waals surface area contributed by atoms with Crippen LogP contribution in [0.15, 0.2) is 36.7 Å². The van der Waals surface area contributed by atoms with E-state index in [1.807, 2.05) is 12.4 Å². The van der Waals surface area contributed by atoms with Crippen molar-refractivity contribution in [3.05, 3.63) is 53.3 Å². The summed E-state index contributed by atoms with van der Waals surface area (Å²) in [4.78, 5) is 2.55. The number of nitrogens with one attached hydrogen (secondary N) is 1. The van der Waals surface area contributed by atoms with E-state index in [4.69, 9.17) is 4.74 Å². The maximum Gasteiger partial charge on any atom is 0.0713 e. The molecule has 1 aliphatic heterocycles. The van der Waals surface area contributed by atoms with Gasteiger partial charge < -0.3 is 4.74 Å². The number of methoxy groups -OCH3 is 1. The summed E-state index contributed by atoms with van der Waals surface area (Å²) in [5.74, 6) is 0.616. The molecule has 0 aliphatic carbocycles. The van der Waals surface area contributed by atoms with Crippen LogP contribution in [-0.4, -0.2) is 35.3 Å². The summed E-state index contributed by atoms with van der Waals surface area (Å²) in [5.41, 5.74) is 3.95. The first kappa shape index (κ1) is 14.3. The maximum absolute atomic E-state index is 5.15. The van der Waals surface area contributed by atoms with Crippen LogP contribution in [-0.2, 0) is 17.9 Å². The van der Waals surface area contributed by atoms with Gasteiger partial charge in [-0.15, -0.1) is 0 Å². The predicted octanol–water partition coefficient (Wildman–Crippen LogP) is 2.94. The first-order valence-electron chi connectivity index (χ1n) is 7.63. The standard InChI is InChI=1S/C17H23N3O/c1-21-13-15-6-4-14(5-7-15)11-20-8-2-3-16(12-20)17-9-18-19-10-17/h4-7,9-10,16H,2-3,8,11-13H2,1H3,(H,18,19). The molecule has 4 nitrogen and oxygen atoms in total. The van der Waals surface area contributed by atoms with Crippen LogP contribution in [0, 0.1) is 0 Å². The Kier molecular flexibility index (Phi) is 4.68. The Bertz CT molecular complexity index is 536. The molecular weight excluding hydrogens is 262 g/mol. The van der Waals surface area contributed by atoms with Crippen molar-refractivity contribution < 1.29 is 4.74 Å². The zero-order chi connectivity index (χ0) is 14.5. The van der Waals surface area contributed by atoms with E-state index in [2.05, 4.69) is 39.4 Å². The van der Waals surface area contributed by atoms with E-state index in [0.717, 1.165) is 13.1 Å². The van der Waals surface area contributed by atoms with E-state index in [1.54, 1.807) is 7.11 Å². The quantitative estimate of drug-likeness (QED) is 0.918. The molecule has 1 unspecified atom stereocenters.